The molecule has 0 unspecified atom stereocenters. The van der Waals surface area contributed by atoms with E-state index in [1.54, 1.807) is 28.4 Å². The third-order valence-corrected chi connectivity index (χ3v) is 5.81. The van der Waals surface area contributed by atoms with Crippen molar-refractivity contribution < 1.29 is 14.6 Å². The van der Waals surface area contributed by atoms with Crippen molar-refractivity contribution in [1.82, 2.24) is 14.8 Å². The number of benzene rings is 2. The van der Waals surface area contributed by atoms with Crippen LogP contribution in [0.15, 0.2) is 42.5 Å². The number of ether oxygens (including phenoxy) is 1. The first-order valence-corrected chi connectivity index (χ1v) is 9.69. The number of amides is 1. The highest BCUT2D eigenvalue weighted by atomic mass is 32.1. The van der Waals surface area contributed by atoms with Crippen LogP contribution >= 0.6 is 11.3 Å². The number of piperazine rings is 1. The first kappa shape index (κ1) is 17.8. The summed E-state index contributed by atoms with van der Waals surface area (Å²) in [6.45, 7) is 3.65. The molecule has 2 heterocycles. The summed E-state index contributed by atoms with van der Waals surface area (Å²) in [5, 5.41) is 11.2. The van der Waals surface area contributed by atoms with E-state index in [0.717, 1.165) is 30.2 Å². The van der Waals surface area contributed by atoms with E-state index in [4.69, 9.17) is 4.74 Å². The number of carbonyl (C=O) groups is 1. The number of methoxy groups -OCH3 is 1. The fraction of sp³-hybridized carbons (Fsp3) is 0.300. The maximum atomic E-state index is 12.7. The highest BCUT2D eigenvalue weighted by molar-refractivity contribution is 7.18. The number of para-hydroxylation sites is 1. The lowest BCUT2D eigenvalue weighted by Gasteiger charge is -2.34. The van der Waals surface area contributed by atoms with Crippen LogP contribution in [-0.4, -0.2) is 59.1 Å². The zero-order valence-electron chi connectivity index (χ0n) is 15.1. The van der Waals surface area contributed by atoms with Gasteiger partial charge in [0.25, 0.3) is 5.91 Å². The molecule has 3 aromatic rings. The Morgan fingerprint density at radius 3 is 2.67 bits per heavy atom. The molecule has 0 saturated carbocycles. The molecule has 140 valence electrons. The molecule has 4 rings (SSSR count). The highest BCUT2D eigenvalue weighted by Crippen LogP contribution is 2.26. The fourth-order valence-electron chi connectivity index (χ4n) is 3.28. The van der Waals surface area contributed by atoms with Crippen LogP contribution in [0, 0.1) is 0 Å². The van der Waals surface area contributed by atoms with Gasteiger partial charge in [-0.05, 0) is 24.3 Å². The van der Waals surface area contributed by atoms with Crippen molar-refractivity contribution in [1.29, 1.82) is 0 Å². The molecule has 1 aromatic heterocycles. The van der Waals surface area contributed by atoms with Crippen LogP contribution in [0.1, 0.15) is 15.4 Å². The Labute approximate surface area is 161 Å². The summed E-state index contributed by atoms with van der Waals surface area (Å²) in [6.07, 6.45) is 0. The van der Waals surface area contributed by atoms with Gasteiger partial charge >= 0.3 is 0 Å². The second kappa shape index (κ2) is 7.54. The second-order valence-electron chi connectivity index (χ2n) is 6.53. The lowest BCUT2D eigenvalue weighted by Crippen LogP contribution is -2.48. The van der Waals surface area contributed by atoms with Gasteiger partial charge in [-0.3, -0.25) is 9.69 Å². The fourth-order valence-corrected chi connectivity index (χ4v) is 4.29. The van der Waals surface area contributed by atoms with Crippen LogP contribution in [0.3, 0.4) is 0 Å². The number of thiazole rings is 1. The quantitative estimate of drug-likeness (QED) is 0.750. The number of phenolic OH excluding ortho intramolecular Hbond substituents is 1. The molecule has 1 fully saturated rings. The van der Waals surface area contributed by atoms with Gasteiger partial charge in [0.05, 0.1) is 29.4 Å². The van der Waals surface area contributed by atoms with Gasteiger partial charge in [-0.2, -0.15) is 0 Å². The van der Waals surface area contributed by atoms with Gasteiger partial charge in [0.15, 0.2) is 0 Å². The van der Waals surface area contributed by atoms with Gasteiger partial charge in [-0.25, -0.2) is 4.98 Å². The van der Waals surface area contributed by atoms with E-state index in [1.165, 1.54) is 17.9 Å². The minimum absolute atomic E-state index is 0.0451. The van der Waals surface area contributed by atoms with E-state index in [0.29, 0.717) is 24.4 Å². The van der Waals surface area contributed by atoms with Gasteiger partial charge in [0, 0.05) is 32.2 Å². The number of carbonyl (C=O) groups excluding carboxylic acids is 1. The number of fused-ring (bicyclic) bond motifs is 1. The molecule has 1 aliphatic heterocycles. The first-order valence-electron chi connectivity index (χ1n) is 8.87. The van der Waals surface area contributed by atoms with Gasteiger partial charge in [0.2, 0.25) is 0 Å². The van der Waals surface area contributed by atoms with Crippen molar-refractivity contribution >= 4 is 27.5 Å². The minimum Gasteiger partial charge on any atom is -0.507 e. The van der Waals surface area contributed by atoms with Crippen LogP contribution in [0.2, 0.25) is 0 Å². The summed E-state index contributed by atoms with van der Waals surface area (Å²) < 4.78 is 6.28. The number of aromatic nitrogens is 1. The maximum Gasteiger partial charge on any atom is 0.257 e. The predicted octanol–water partition coefficient (Wildman–Crippen LogP) is 2.97. The Morgan fingerprint density at radius 1 is 1.19 bits per heavy atom. The summed E-state index contributed by atoms with van der Waals surface area (Å²) in [6, 6.07) is 12.9. The smallest absolute Gasteiger partial charge is 0.257 e. The number of hydrogen-bond acceptors (Lipinski definition) is 6. The number of nitrogens with zero attached hydrogens (tertiary/aromatic N) is 3. The molecule has 0 aliphatic carbocycles. The standard InChI is InChI=1S/C20H21N3O3S/c1-26-14-6-7-15(17(24)12-14)20(25)23-10-8-22(9-11-23)13-19-21-16-4-2-3-5-18(16)27-19/h2-7,12,24H,8-11,13H2,1H3. The maximum absolute atomic E-state index is 12.7. The highest BCUT2D eigenvalue weighted by Gasteiger charge is 2.24. The topological polar surface area (TPSA) is 65.9 Å². The molecule has 27 heavy (non-hydrogen) atoms. The van der Waals surface area contributed by atoms with Crippen LogP contribution in [-0.2, 0) is 6.54 Å². The predicted molar refractivity (Wildman–Crippen MR) is 105 cm³/mol. The Bertz CT molecular complexity index is 931. The summed E-state index contributed by atoms with van der Waals surface area (Å²) in [5.74, 6) is 0.343. The average Bonchev–Trinajstić information content (AvgIpc) is 3.10. The van der Waals surface area contributed by atoms with Crippen LogP contribution < -0.4 is 4.74 Å². The average molecular weight is 383 g/mol. The number of phenols is 1. The van der Waals surface area contributed by atoms with Crippen molar-refractivity contribution in [2.75, 3.05) is 33.3 Å². The number of aromatic hydroxyl groups is 1. The Kier molecular flexibility index (Phi) is 4.96. The van der Waals surface area contributed by atoms with Crippen molar-refractivity contribution in [3.63, 3.8) is 0 Å². The molecule has 1 saturated heterocycles. The monoisotopic (exact) mass is 383 g/mol. The normalized spacial score (nSPS) is 15.2. The summed E-state index contributed by atoms with van der Waals surface area (Å²) in [5.41, 5.74) is 1.36. The number of rotatable bonds is 4. The minimum atomic E-state index is -0.144. The molecule has 1 amide bonds. The molecule has 6 nitrogen and oxygen atoms in total. The first-order chi connectivity index (χ1) is 13.1. The van der Waals surface area contributed by atoms with Crippen LogP contribution in [0.5, 0.6) is 11.5 Å². The van der Waals surface area contributed by atoms with Crippen molar-refractivity contribution in [2.45, 2.75) is 6.54 Å². The van der Waals surface area contributed by atoms with E-state index < -0.39 is 0 Å². The second-order valence-corrected chi connectivity index (χ2v) is 7.64. The SMILES string of the molecule is COc1ccc(C(=O)N2CCN(Cc3nc4ccccc4s3)CC2)c(O)c1. The lowest BCUT2D eigenvalue weighted by molar-refractivity contribution is 0.0625. The largest absolute Gasteiger partial charge is 0.507 e. The zero-order valence-corrected chi connectivity index (χ0v) is 15.9. The van der Waals surface area contributed by atoms with E-state index in [2.05, 4.69) is 16.0 Å². The van der Waals surface area contributed by atoms with Gasteiger partial charge in [0.1, 0.15) is 16.5 Å². The zero-order chi connectivity index (χ0) is 18.8. The molecule has 0 spiro atoms. The summed E-state index contributed by atoms with van der Waals surface area (Å²) >= 11 is 1.72. The van der Waals surface area contributed by atoms with Gasteiger partial charge < -0.3 is 14.7 Å². The van der Waals surface area contributed by atoms with Crippen molar-refractivity contribution in [2.24, 2.45) is 0 Å². The van der Waals surface area contributed by atoms with Gasteiger partial charge in [-0.1, -0.05) is 12.1 Å². The molecule has 0 bridgehead atoms. The van der Waals surface area contributed by atoms with Gasteiger partial charge in [-0.15, -0.1) is 11.3 Å². The summed E-state index contributed by atoms with van der Waals surface area (Å²) in [4.78, 5) is 21.5. The number of hydrogen-bond donors (Lipinski definition) is 1. The molecule has 2 aromatic carbocycles. The Morgan fingerprint density at radius 2 is 1.96 bits per heavy atom. The third kappa shape index (κ3) is 3.74. The molecular weight excluding hydrogens is 362 g/mol. The van der Waals surface area contributed by atoms with E-state index in [9.17, 15) is 9.90 Å². The molecule has 7 heteroatoms. The molecule has 0 radical (unpaired) electrons. The Hall–Kier alpha value is -2.64. The third-order valence-electron chi connectivity index (χ3n) is 4.79. The van der Waals surface area contributed by atoms with E-state index in [-0.39, 0.29) is 11.7 Å². The summed E-state index contributed by atoms with van der Waals surface area (Å²) in [7, 11) is 1.53. The Balaban J connectivity index is 1.37. The van der Waals surface area contributed by atoms with Crippen molar-refractivity contribution in [3.8, 4) is 11.5 Å². The van der Waals surface area contributed by atoms with Crippen LogP contribution in [0.25, 0.3) is 10.2 Å². The molecule has 0 atom stereocenters. The molecule has 1 N–H and O–H groups in total. The molecular formula is C20H21N3O3S. The van der Waals surface area contributed by atoms with Crippen molar-refractivity contribution in [3.05, 3.63) is 53.0 Å². The lowest BCUT2D eigenvalue weighted by atomic mass is 10.1. The van der Waals surface area contributed by atoms with Crippen LogP contribution in [0.4, 0.5) is 0 Å². The van der Waals surface area contributed by atoms with E-state index in [1.807, 2.05) is 18.2 Å². The van der Waals surface area contributed by atoms with E-state index >= 15 is 0 Å². The molecule has 1 aliphatic rings.